The molecule has 0 aliphatic heterocycles. The van der Waals surface area contributed by atoms with Crippen LogP contribution in [0.15, 0.2) is 46.9 Å². The van der Waals surface area contributed by atoms with Crippen LogP contribution in [0.4, 0.5) is 5.69 Å². The van der Waals surface area contributed by atoms with E-state index < -0.39 is 0 Å². The molecule has 0 spiro atoms. The van der Waals surface area contributed by atoms with Crippen LogP contribution in [0.3, 0.4) is 0 Å². The molecule has 0 radical (unpaired) electrons. The van der Waals surface area contributed by atoms with Crippen molar-refractivity contribution in [3.63, 3.8) is 0 Å². The Morgan fingerprint density at radius 2 is 1.85 bits per heavy atom. The number of anilines is 1. The lowest BCUT2D eigenvalue weighted by molar-refractivity contribution is 0.0941. The van der Waals surface area contributed by atoms with Gasteiger partial charge in [-0.25, -0.2) is 0 Å². The second-order valence-electron chi connectivity index (χ2n) is 4.84. The Balaban J connectivity index is 2.13. The van der Waals surface area contributed by atoms with Crippen molar-refractivity contribution in [3.05, 3.63) is 63.6 Å². The normalized spacial score (nSPS) is 11.9. The summed E-state index contributed by atoms with van der Waals surface area (Å²) in [5.74, 6) is -0.164. The number of carbonyl (C=O) groups is 1. The van der Waals surface area contributed by atoms with Gasteiger partial charge in [0.25, 0.3) is 5.91 Å². The van der Waals surface area contributed by atoms with Gasteiger partial charge in [0.2, 0.25) is 0 Å². The fourth-order valence-electron chi connectivity index (χ4n) is 1.95. The number of aryl methyl sites for hydroxylation is 1. The van der Waals surface area contributed by atoms with Gasteiger partial charge in [0.1, 0.15) is 0 Å². The Bertz CT molecular complexity index is 623. The van der Waals surface area contributed by atoms with E-state index in [0.29, 0.717) is 11.3 Å². The summed E-state index contributed by atoms with van der Waals surface area (Å²) in [7, 11) is 0. The Morgan fingerprint density at radius 1 is 1.20 bits per heavy atom. The highest BCUT2D eigenvalue weighted by Gasteiger charge is 2.13. The first-order chi connectivity index (χ1) is 9.47. The zero-order chi connectivity index (χ0) is 14.7. The first kappa shape index (κ1) is 14.6. The zero-order valence-corrected chi connectivity index (χ0v) is 13.1. The highest BCUT2D eigenvalue weighted by Crippen LogP contribution is 2.20. The first-order valence-corrected chi connectivity index (χ1v) is 7.19. The number of hydrogen-bond acceptors (Lipinski definition) is 2. The maximum atomic E-state index is 12.2. The number of halogens is 1. The van der Waals surface area contributed by atoms with Crippen molar-refractivity contribution in [2.24, 2.45) is 0 Å². The molecule has 1 atom stereocenters. The number of carbonyl (C=O) groups excluding carboxylic acids is 1. The third kappa shape index (κ3) is 3.39. The fraction of sp³-hybridized carbons (Fsp3) is 0.188. The molecule has 0 bridgehead atoms. The molecule has 0 aliphatic rings. The lowest BCUT2D eigenvalue weighted by atomic mass is 10.1. The maximum Gasteiger partial charge on any atom is 0.253 e. The summed E-state index contributed by atoms with van der Waals surface area (Å²) in [4.78, 5) is 12.2. The van der Waals surface area contributed by atoms with Gasteiger partial charge in [0.05, 0.1) is 11.6 Å². The molecule has 2 rings (SSSR count). The summed E-state index contributed by atoms with van der Waals surface area (Å²) in [5.41, 5.74) is 9.09. The molecular formula is C16H17BrN2O. The molecule has 0 aromatic heterocycles. The van der Waals surface area contributed by atoms with Gasteiger partial charge >= 0.3 is 0 Å². The molecule has 0 unspecified atom stereocenters. The van der Waals surface area contributed by atoms with Crippen molar-refractivity contribution < 1.29 is 4.79 Å². The number of nitrogen functional groups attached to an aromatic ring is 1. The van der Waals surface area contributed by atoms with E-state index in [0.717, 1.165) is 10.0 Å². The van der Waals surface area contributed by atoms with E-state index in [1.54, 1.807) is 12.1 Å². The molecule has 2 aromatic carbocycles. The standard InChI is InChI=1S/C16H17BrN2O/c1-10-3-5-12(6-4-10)11(2)19-16(20)14-8-7-13(17)9-15(14)18/h3-9,11H,18H2,1-2H3,(H,19,20)/t11-/m1/s1. The molecule has 1 amide bonds. The predicted octanol–water partition coefficient (Wildman–Crippen LogP) is 3.83. The molecule has 0 aliphatic carbocycles. The van der Waals surface area contributed by atoms with Crippen molar-refractivity contribution in [3.8, 4) is 0 Å². The Hall–Kier alpha value is -1.81. The third-order valence-electron chi connectivity index (χ3n) is 3.18. The average molecular weight is 333 g/mol. The van der Waals surface area contributed by atoms with Crippen molar-refractivity contribution in [1.82, 2.24) is 5.32 Å². The number of nitrogens with one attached hydrogen (secondary N) is 1. The van der Waals surface area contributed by atoms with Crippen molar-refractivity contribution in [2.75, 3.05) is 5.73 Å². The second kappa shape index (κ2) is 6.09. The Kier molecular flexibility index (Phi) is 4.45. The fourth-order valence-corrected chi connectivity index (χ4v) is 2.33. The van der Waals surface area contributed by atoms with E-state index in [-0.39, 0.29) is 11.9 Å². The number of benzene rings is 2. The summed E-state index contributed by atoms with van der Waals surface area (Å²) in [6.07, 6.45) is 0. The van der Waals surface area contributed by atoms with Crippen LogP contribution in [0.5, 0.6) is 0 Å². The van der Waals surface area contributed by atoms with E-state index in [4.69, 9.17) is 5.73 Å². The van der Waals surface area contributed by atoms with Gasteiger partial charge < -0.3 is 11.1 Å². The molecule has 2 aromatic rings. The molecule has 4 heteroatoms. The van der Waals surface area contributed by atoms with E-state index >= 15 is 0 Å². The quantitative estimate of drug-likeness (QED) is 0.839. The van der Waals surface area contributed by atoms with Gasteiger partial charge in [-0.05, 0) is 37.6 Å². The summed E-state index contributed by atoms with van der Waals surface area (Å²) < 4.78 is 0.859. The number of nitrogens with two attached hydrogens (primary N) is 1. The minimum Gasteiger partial charge on any atom is -0.398 e. The topological polar surface area (TPSA) is 55.1 Å². The van der Waals surface area contributed by atoms with Crippen LogP contribution in [-0.4, -0.2) is 5.91 Å². The molecule has 104 valence electrons. The van der Waals surface area contributed by atoms with Gasteiger partial charge in [-0.2, -0.15) is 0 Å². The van der Waals surface area contributed by atoms with Crippen LogP contribution in [0.25, 0.3) is 0 Å². The first-order valence-electron chi connectivity index (χ1n) is 6.40. The number of hydrogen-bond donors (Lipinski definition) is 2. The average Bonchev–Trinajstić information content (AvgIpc) is 2.39. The van der Waals surface area contributed by atoms with Crippen LogP contribution >= 0.6 is 15.9 Å². The van der Waals surface area contributed by atoms with Crippen LogP contribution < -0.4 is 11.1 Å². The van der Waals surface area contributed by atoms with E-state index in [1.165, 1.54) is 5.56 Å². The molecule has 20 heavy (non-hydrogen) atoms. The van der Waals surface area contributed by atoms with Crippen LogP contribution in [-0.2, 0) is 0 Å². The monoisotopic (exact) mass is 332 g/mol. The zero-order valence-electron chi connectivity index (χ0n) is 11.5. The largest absolute Gasteiger partial charge is 0.398 e. The van der Waals surface area contributed by atoms with Crippen LogP contribution in [0.1, 0.15) is 34.5 Å². The van der Waals surface area contributed by atoms with E-state index in [9.17, 15) is 4.79 Å². The molecule has 0 fully saturated rings. The van der Waals surface area contributed by atoms with Crippen molar-refractivity contribution >= 4 is 27.5 Å². The lowest BCUT2D eigenvalue weighted by Crippen LogP contribution is -2.27. The van der Waals surface area contributed by atoms with Gasteiger partial charge in [-0.15, -0.1) is 0 Å². The molecule has 0 saturated heterocycles. The Labute approximate surface area is 127 Å². The van der Waals surface area contributed by atoms with Crippen molar-refractivity contribution in [2.45, 2.75) is 19.9 Å². The van der Waals surface area contributed by atoms with Gasteiger partial charge in [0.15, 0.2) is 0 Å². The van der Waals surface area contributed by atoms with Crippen LogP contribution in [0.2, 0.25) is 0 Å². The van der Waals surface area contributed by atoms with E-state index in [2.05, 4.69) is 21.2 Å². The van der Waals surface area contributed by atoms with Gasteiger partial charge in [-0.3, -0.25) is 4.79 Å². The highest BCUT2D eigenvalue weighted by atomic mass is 79.9. The molecular weight excluding hydrogens is 316 g/mol. The molecule has 0 heterocycles. The lowest BCUT2D eigenvalue weighted by Gasteiger charge is -2.15. The maximum absolute atomic E-state index is 12.2. The predicted molar refractivity (Wildman–Crippen MR) is 85.6 cm³/mol. The SMILES string of the molecule is Cc1ccc([C@@H](C)NC(=O)c2ccc(Br)cc2N)cc1. The van der Waals surface area contributed by atoms with Crippen molar-refractivity contribution in [1.29, 1.82) is 0 Å². The highest BCUT2D eigenvalue weighted by molar-refractivity contribution is 9.10. The Morgan fingerprint density at radius 3 is 2.45 bits per heavy atom. The summed E-state index contributed by atoms with van der Waals surface area (Å²) in [5, 5.41) is 2.96. The molecule has 3 nitrogen and oxygen atoms in total. The third-order valence-corrected chi connectivity index (χ3v) is 3.68. The van der Waals surface area contributed by atoms with Crippen LogP contribution in [0, 0.1) is 6.92 Å². The molecule has 0 saturated carbocycles. The number of amides is 1. The summed E-state index contributed by atoms with van der Waals surface area (Å²) >= 11 is 3.33. The molecule has 3 N–H and O–H groups in total. The van der Waals surface area contributed by atoms with Gasteiger partial charge in [-0.1, -0.05) is 45.8 Å². The second-order valence-corrected chi connectivity index (χ2v) is 5.75. The van der Waals surface area contributed by atoms with E-state index in [1.807, 2.05) is 44.2 Å². The smallest absolute Gasteiger partial charge is 0.253 e. The summed E-state index contributed by atoms with van der Waals surface area (Å²) in [6.45, 7) is 3.99. The number of rotatable bonds is 3. The van der Waals surface area contributed by atoms with Gasteiger partial charge in [0, 0.05) is 10.2 Å². The minimum absolute atomic E-state index is 0.0638. The minimum atomic E-state index is -0.164. The summed E-state index contributed by atoms with van der Waals surface area (Å²) in [6, 6.07) is 13.3.